The smallest absolute Gasteiger partial charge is 0.257 e. The maximum Gasteiger partial charge on any atom is 0.257 e. The maximum atomic E-state index is 12.2. The van der Waals surface area contributed by atoms with Crippen molar-refractivity contribution in [2.45, 2.75) is 33.6 Å². The summed E-state index contributed by atoms with van der Waals surface area (Å²) in [6.45, 7) is 7.91. The highest BCUT2D eigenvalue weighted by atomic mass is 35.5. The van der Waals surface area contributed by atoms with Crippen LogP contribution in [0.25, 0.3) is 0 Å². The summed E-state index contributed by atoms with van der Waals surface area (Å²) in [5, 5.41) is 3.72. The van der Waals surface area contributed by atoms with Gasteiger partial charge in [-0.15, -0.1) is 11.3 Å². The number of halogens is 1. The number of hydrogen-bond donors (Lipinski definition) is 1. The molecule has 2 rings (SSSR count). The molecule has 2 aromatic heterocycles. The Bertz CT molecular complexity index is 632. The number of nitrogens with one attached hydrogen (secondary N) is 1. The molecule has 0 aliphatic carbocycles. The van der Waals surface area contributed by atoms with Gasteiger partial charge in [0.1, 0.15) is 5.15 Å². The van der Waals surface area contributed by atoms with Crippen molar-refractivity contribution in [1.29, 1.82) is 0 Å². The monoisotopic (exact) mass is 309 g/mol. The molecule has 1 N–H and O–H groups in total. The van der Waals surface area contributed by atoms with E-state index in [0.29, 0.717) is 15.8 Å². The highest BCUT2D eigenvalue weighted by molar-refractivity contribution is 7.15. The van der Waals surface area contributed by atoms with Gasteiger partial charge in [-0.3, -0.25) is 10.1 Å². The van der Waals surface area contributed by atoms with Crippen molar-refractivity contribution in [3.8, 4) is 0 Å². The molecule has 4 nitrogen and oxygen atoms in total. The SMILES string of the molecule is Cc1nc(NC(=O)c2cc(Cl)nc(C(C)C)c2)sc1C. The number of rotatable bonds is 3. The number of amides is 1. The fraction of sp³-hybridized carbons (Fsp3) is 0.357. The number of carbonyl (C=O) groups is 1. The lowest BCUT2D eigenvalue weighted by Crippen LogP contribution is -2.13. The lowest BCUT2D eigenvalue weighted by atomic mass is 10.1. The second kappa shape index (κ2) is 5.89. The largest absolute Gasteiger partial charge is 0.298 e. The molecule has 0 aromatic carbocycles. The third kappa shape index (κ3) is 3.35. The van der Waals surface area contributed by atoms with E-state index in [9.17, 15) is 4.79 Å². The van der Waals surface area contributed by atoms with E-state index in [0.717, 1.165) is 16.3 Å². The van der Waals surface area contributed by atoms with Gasteiger partial charge in [0, 0.05) is 16.1 Å². The van der Waals surface area contributed by atoms with Gasteiger partial charge in [0.25, 0.3) is 5.91 Å². The highest BCUT2D eigenvalue weighted by Crippen LogP contribution is 2.23. The number of thiazole rings is 1. The van der Waals surface area contributed by atoms with Crippen molar-refractivity contribution in [3.05, 3.63) is 39.1 Å². The van der Waals surface area contributed by atoms with Crippen LogP contribution in [0.2, 0.25) is 5.15 Å². The summed E-state index contributed by atoms with van der Waals surface area (Å²) >= 11 is 7.43. The minimum absolute atomic E-state index is 0.213. The molecule has 0 bridgehead atoms. The van der Waals surface area contributed by atoms with Crippen LogP contribution in [0.1, 0.15) is 46.4 Å². The summed E-state index contributed by atoms with van der Waals surface area (Å²) in [4.78, 5) is 21.8. The van der Waals surface area contributed by atoms with Gasteiger partial charge in [-0.05, 0) is 31.9 Å². The highest BCUT2D eigenvalue weighted by Gasteiger charge is 2.13. The minimum Gasteiger partial charge on any atom is -0.298 e. The molecule has 0 radical (unpaired) electrons. The Hall–Kier alpha value is -1.46. The summed E-state index contributed by atoms with van der Waals surface area (Å²) in [5.74, 6) is -0.00504. The van der Waals surface area contributed by atoms with Crippen molar-refractivity contribution in [2.24, 2.45) is 0 Å². The molecule has 0 saturated carbocycles. The molecule has 0 fully saturated rings. The number of pyridine rings is 1. The molecule has 6 heteroatoms. The van der Waals surface area contributed by atoms with Crippen LogP contribution >= 0.6 is 22.9 Å². The molecule has 0 spiro atoms. The number of aromatic nitrogens is 2. The first-order valence-electron chi connectivity index (χ1n) is 6.29. The first-order valence-corrected chi connectivity index (χ1v) is 7.49. The third-order valence-electron chi connectivity index (χ3n) is 2.92. The predicted molar refractivity (Wildman–Crippen MR) is 82.9 cm³/mol. The van der Waals surface area contributed by atoms with E-state index in [2.05, 4.69) is 15.3 Å². The Morgan fingerprint density at radius 3 is 2.55 bits per heavy atom. The Morgan fingerprint density at radius 2 is 2.00 bits per heavy atom. The lowest BCUT2D eigenvalue weighted by molar-refractivity contribution is 0.102. The second-order valence-corrected chi connectivity index (χ2v) is 6.46. The molecule has 0 unspecified atom stereocenters. The average Bonchev–Trinajstić information content (AvgIpc) is 2.67. The van der Waals surface area contributed by atoms with E-state index in [4.69, 9.17) is 11.6 Å². The van der Waals surface area contributed by atoms with E-state index in [1.807, 2.05) is 27.7 Å². The summed E-state index contributed by atoms with van der Waals surface area (Å²) in [6, 6.07) is 3.33. The number of nitrogens with zero attached hydrogens (tertiary/aromatic N) is 2. The van der Waals surface area contributed by atoms with Gasteiger partial charge >= 0.3 is 0 Å². The third-order valence-corrected chi connectivity index (χ3v) is 4.10. The lowest BCUT2D eigenvalue weighted by Gasteiger charge is -2.08. The summed E-state index contributed by atoms with van der Waals surface area (Å²) in [7, 11) is 0. The van der Waals surface area contributed by atoms with Crippen LogP contribution in [-0.4, -0.2) is 15.9 Å². The molecule has 1 amide bonds. The normalized spacial score (nSPS) is 10.9. The van der Waals surface area contributed by atoms with Gasteiger partial charge in [0.15, 0.2) is 5.13 Å². The van der Waals surface area contributed by atoms with E-state index in [-0.39, 0.29) is 11.8 Å². The first-order chi connectivity index (χ1) is 9.36. The van der Waals surface area contributed by atoms with Gasteiger partial charge in [0.2, 0.25) is 0 Å². The van der Waals surface area contributed by atoms with Crippen molar-refractivity contribution in [1.82, 2.24) is 9.97 Å². The van der Waals surface area contributed by atoms with Gasteiger partial charge in [-0.2, -0.15) is 0 Å². The second-order valence-electron chi connectivity index (χ2n) is 4.87. The summed E-state index contributed by atoms with van der Waals surface area (Å²) in [5.41, 5.74) is 2.23. The van der Waals surface area contributed by atoms with Crippen LogP contribution < -0.4 is 5.32 Å². The molecular formula is C14H16ClN3OS. The molecular weight excluding hydrogens is 294 g/mol. The fourth-order valence-electron chi connectivity index (χ4n) is 1.64. The van der Waals surface area contributed by atoms with Crippen molar-refractivity contribution < 1.29 is 4.79 Å². The summed E-state index contributed by atoms with van der Waals surface area (Å²) in [6.07, 6.45) is 0. The van der Waals surface area contributed by atoms with Gasteiger partial charge in [-0.1, -0.05) is 25.4 Å². The zero-order valence-corrected chi connectivity index (χ0v) is 13.4. The molecule has 0 aliphatic rings. The van der Waals surface area contributed by atoms with E-state index < -0.39 is 0 Å². The molecule has 20 heavy (non-hydrogen) atoms. The molecule has 2 heterocycles. The minimum atomic E-state index is -0.218. The Labute approximate surface area is 127 Å². The number of hydrogen-bond acceptors (Lipinski definition) is 4. The van der Waals surface area contributed by atoms with Gasteiger partial charge in [0.05, 0.1) is 5.69 Å². The Balaban J connectivity index is 2.24. The van der Waals surface area contributed by atoms with E-state index in [1.165, 1.54) is 11.3 Å². The first kappa shape index (κ1) is 14.9. The summed E-state index contributed by atoms with van der Waals surface area (Å²) < 4.78 is 0. The van der Waals surface area contributed by atoms with Crippen molar-refractivity contribution in [3.63, 3.8) is 0 Å². The molecule has 0 atom stereocenters. The zero-order valence-electron chi connectivity index (χ0n) is 11.8. The Morgan fingerprint density at radius 1 is 1.30 bits per heavy atom. The van der Waals surface area contributed by atoms with Gasteiger partial charge < -0.3 is 0 Å². The van der Waals surface area contributed by atoms with Crippen molar-refractivity contribution >= 4 is 34.0 Å². The Kier molecular flexibility index (Phi) is 4.40. The van der Waals surface area contributed by atoms with Crippen LogP contribution in [0.4, 0.5) is 5.13 Å². The maximum absolute atomic E-state index is 12.2. The zero-order chi connectivity index (χ0) is 14.9. The number of aryl methyl sites for hydroxylation is 2. The molecule has 0 saturated heterocycles. The predicted octanol–water partition coefficient (Wildman–Crippen LogP) is 4.18. The van der Waals surface area contributed by atoms with E-state index in [1.54, 1.807) is 12.1 Å². The van der Waals surface area contributed by atoms with Crippen LogP contribution in [0.3, 0.4) is 0 Å². The number of anilines is 1. The van der Waals surface area contributed by atoms with Crippen molar-refractivity contribution in [2.75, 3.05) is 5.32 Å². The number of carbonyl (C=O) groups excluding carboxylic acids is 1. The van der Waals surface area contributed by atoms with Crippen LogP contribution in [0, 0.1) is 13.8 Å². The van der Waals surface area contributed by atoms with Crippen LogP contribution in [0.15, 0.2) is 12.1 Å². The van der Waals surface area contributed by atoms with Crippen LogP contribution in [-0.2, 0) is 0 Å². The average molecular weight is 310 g/mol. The van der Waals surface area contributed by atoms with E-state index >= 15 is 0 Å². The van der Waals surface area contributed by atoms with Crippen LogP contribution in [0.5, 0.6) is 0 Å². The molecule has 0 aliphatic heterocycles. The quantitative estimate of drug-likeness (QED) is 0.865. The molecule has 2 aromatic rings. The fourth-order valence-corrected chi connectivity index (χ4v) is 2.66. The van der Waals surface area contributed by atoms with Gasteiger partial charge in [-0.25, -0.2) is 9.97 Å². The molecule has 106 valence electrons. The topological polar surface area (TPSA) is 54.9 Å². The standard InChI is InChI=1S/C14H16ClN3OS/c1-7(2)11-5-10(6-12(15)17-11)13(19)18-14-16-8(3)9(4)20-14/h5-7H,1-4H3,(H,16,18,19).